The molecule has 26 heavy (non-hydrogen) atoms. The minimum absolute atomic E-state index is 0.0772. The van der Waals surface area contributed by atoms with Crippen LogP contribution in [0.1, 0.15) is 11.1 Å². The summed E-state index contributed by atoms with van der Waals surface area (Å²) in [7, 11) is 1.53. The van der Waals surface area contributed by atoms with Crippen LogP contribution in [0.2, 0.25) is 0 Å². The molecule has 0 saturated heterocycles. The molecule has 0 spiro atoms. The number of phenolic OH excluding ortho intramolecular Hbond substituents is 1. The fourth-order valence-corrected chi connectivity index (χ4v) is 3.02. The molecule has 134 valence electrons. The lowest BCUT2D eigenvalue weighted by atomic mass is 10.0. The van der Waals surface area contributed by atoms with Crippen LogP contribution < -0.4 is 4.90 Å². The van der Waals surface area contributed by atoms with E-state index in [0.29, 0.717) is 22.3 Å². The number of aryl methyl sites for hydroxylation is 1. The highest BCUT2D eigenvalue weighted by Crippen LogP contribution is 2.38. The molecule has 0 amide bonds. The van der Waals surface area contributed by atoms with E-state index < -0.39 is 17.5 Å². The number of halogens is 3. The predicted molar refractivity (Wildman–Crippen MR) is 97.4 cm³/mol. The molecule has 3 aromatic carbocycles. The van der Waals surface area contributed by atoms with Crippen LogP contribution >= 0.6 is 0 Å². The molecule has 0 radical (unpaired) electrons. The van der Waals surface area contributed by atoms with Crippen LogP contribution in [0.15, 0.2) is 48.5 Å². The highest BCUT2D eigenvalue weighted by molar-refractivity contribution is 5.75. The Morgan fingerprint density at radius 2 is 1.62 bits per heavy atom. The molecule has 0 aromatic heterocycles. The number of anilines is 2. The van der Waals surface area contributed by atoms with E-state index in [4.69, 9.17) is 0 Å². The van der Waals surface area contributed by atoms with Crippen molar-refractivity contribution in [3.63, 3.8) is 0 Å². The second-order valence-electron chi connectivity index (χ2n) is 6.24. The minimum Gasteiger partial charge on any atom is -0.508 e. The van der Waals surface area contributed by atoms with Gasteiger partial charge < -0.3 is 10.0 Å². The molecule has 0 aliphatic carbocycles. The molecule has 0 saturated carbocycles. The summed E-state index contributed by atoms with van der Waals surface area (Å²) in [6, 6.07) is 11.5. The third kappa shape index (κ3) is 3.12. The lowest BCUT2D eigenvalue weighted by Crippen LogP contribution is -2.15. The van der Waals surface area contributed by atoms with E-state index in [9.17, 15) is 18.3 Å². The van der Waals surface area contributed by atoms with Crippen LogP contribution in [0, 0.1) is 31.3 Å². The number of rotatable bonds is 3. The van der Waals surface area contributed by atoms with E-state index >= 15 is 0 Å². The Morgan fingerprint density at radius 1 is 0.885 bits per heavy atom. The summed E-state index contributed by atoms with van der Waals surface area (Å²) in [5.74, 6) is -1.55. The Kier molecular flexibility index (Phi) is 4.64. The van der Waals surface area contributed by atoms with Crippen molar-refractivity contribution in [3.8, 4) is 16.9 Å². The lowest BCUT2D eigenvalue weighted by molar-refractivity contribution is 0.469. The van der Waals surface area contributed by atoms with Crippen LogP contribution in [-0.4, -0.2) is 12.2 Å². The van der Waals surface area contributed by atoms with Gasteiger partial charge in [0.15, 0.2) is 0 Å². The van der Waals surface area contributed by atoms with Gasteiger partial charge >= 0.3 is 0 Å². The van der Waals surface area contributed by atoms with Crippen molar-refractivity contribution in [2.24, 2.45) is 0 Å². The first-order chi connectivity index (χ1) is 12.3. The quantitative estimate of drug-likeness (QED) is 0.634. The normalized spacial score (nSPS) is 10.8. The molecule has 3 aromatic rings. The highest BCUT2D eigenvalue weighted by atomic mass is 19.1. The summed E-state index contributed by atoms with van der Waals surface area (Å²) >= 11 is 0. The summed E-state index contributed by atoms with van der Waals surface area (Å²) < 4.78 is 42.7. The van der Waals surface area contributed by atoms with Crippen molar-refractivity contribution in [2.75, 3.05) is 11.9 Å². The van der Waals surface area contributed by atoms with Crippen LogP contribution in [-0.2, 0) is 0 Å². The molecule has 0 bridgehead atoms. The molecule has 1 N–H and O–H groups in total. The molecule has 3 rings (SSSR count). The zero-order valence-corrected chi connectivity index (χ0v) is 14.6. The maximum absolute atomic E-state index is 14.8. The average Bonchev–Trinajstić information content (AvgIpc) is 2.60. The van der Waals surface area contributed by atoms with E-state index in [1.165, 1.54) is 30.1 Å². The molecular formula is C21H18F3NO. The zero-order valence-electron chi connectivity index (χ0n) is 14.6. The van der Waals surface area contributed by atoms with E-state index in [1.54, 1.807) is 38.1 Å². The van der Waals surface area contributed by atoms with Gasteiger partial charge in [-0.15, -0.1) is 0 Å². The summed E-state index contributed by atoms with van der Waals surface area (Å²) in [5, 5.41) is 9.88. The van der Waals surface area contributed by atoms with E-state index in [-0.39, 0.29) is 17.1 Å². The molecule has 0 heterocycles. The Hall–Kier alpha value is -2.95. The maximum atomic E-state index is 14.8. The van der Waals surface area contributed by atoms with Crippen LogP contribution in [0.4, 0.5) is 24.5 Å². The van der Waals surface area contributed by atoms with Crippen molar-refractivity contribution in [1.82, 2.24) is 0 Å². The SMILES string of the molecule is Cc1cc(-c2cccc(F)c2)cc(N(C)c2c(F)ccc(O)c2C)c1F. The monoisotopic (exact) mass is 357 g/mol. The van der Waals surface area contributed by atoms with Gasteiger partial charge in [0.2, 0.25) is 0 Å². The Morgan fingerprint density at radius 3 is 2.31 bits per heavy atom. The molecule has 0 unspecified atom stereocenters. The van der Waals surface area contributed by atoms with Crippen molar-refractivity contribution in [1.29, 1.82) is 0 Å². The van der Waals surface area contributed by atoms with Crippen molar-refractivity contribution in [2.45, 2.75) is 13.8 Å². The summed E-state index contributed by atoms with van der Waals surface area (Å²) in [6.07, 6.45) is 0. The van der Waals surface area contributed by atoms with Crippen LogP contribution in [0.25, 0.3) is 11.1 Å². The Balaban J connectivity index is 2.18. The number of hydrogen-bond acceptors (Lipinski definition) is 2. The van der Waals surface area contributed by atoms with Crippen molar-refractivity contribution < 1.29 is 18.3 Å². The third-order valence-corrected chi connectivity index (χ3v) is 4.44. The number of nitrogens with zero attached hydrogens (tertiary/aromatic N) is 1. The molecule has 0 fully saturated rings. The fraction of sp³-hybridized carbons (Fsp3) is 0.143. The van der Waals surface area contributed by atoms with Gasteiger partial charge in [0.05, 0.1) is 11.4 Å². The number of phenols is 1. The van der Waals surface area contributed by atoms with Gasteiger partial charge in [0, 0.05) is 12.6 Å². The van der Waals surface area contributed by atoms with Gasteiger partial charge in [-0.3, -0.25) is 0 Å². The van der Waals surface area contributed by atoms with Gasteiger partial charge in [-0.25, -0.2) is 13.2 Å². The topological polar surface area (TPSA) is 23.5 Å². The van der Waals surface area contributed by atoms with Gasteiger partial charge in [0.25, 0.3) is 0 Å². The number of aromatic hydroxyl groups is 1. The van der Waals surface area contributed by atoms with Crippen molar-refractivity contribution in [3.05, 3.63) is 77.1 Å². The van der Waals surface area contributed by atoms with Gasteiger partial charge in [-0.2, -0.15) is 0 Å². The molecular weight excluding hydrogens is 339 g/mol. The van der Waals surface area contributed by atoms with Gasteiger partial charge in [-0.05, 0) is 66.9 Å². The van der Waals surface area contributed by atoms with Crippen LogP contribution in [0.3, 0.4) is 0 Å². The first-order valence-electron chi connectivity index (χ1n) is 8.07. The van der Waals surface area contributed by atoms with Gasteiger partial charge in [-0.1, -0.05) is 12.1 Å². The molecule has 0 atom stereocenters. The lowest BCUT2D eigenvalue weighted by Gasteiger charge is -2.24. The second-order valence-corrected chi connectivity index (χ2v) is 6.24. The fourth-order valence-electron chi connectivity index (χ4n) is 3.02. The molecule has 0 aliphatic rings. The predicted octanol–water partition coefficient (Wildman–Crippen LogP) is 5.86. The standard InChI is InChI=1S/C21H18F3NO/c1-12-9-15(14-5-4-6-16(22)10-14)11-18(20(12)24)25(3)21-13(2)19(26)8-7-17(21)23/h4-11,26H,1-3H3. The molecule has 5 heteroatoms. The average molecular weight is 357 g/mol. The Bertz CT molecular complexity index is 985. The van der Waals surface area contributed by atoms with Gasteiger partial charge in [0.1, 0.15) is 23.2 Å². The highest BCUT2D eigenvalue weighted by Gasteiger charge is 2.20. The van der Waals surface area contributed by atoms with E-state index in [0.717, 1.165) is 6.07 Å². The molecule has 2 nitrogen and oxygen atoms in total. The largest absolute Gasteiger partial charge is 0.508 e. The third-order valence-electron chi connectivity index (χ3n) is 4.44. The minimum atomic E-state index is -0.573. The first-order valence-corrected chi connectivity index (χ1v) is 8.07. The van der Waals surface area contributed by atoms with E-state index in [2.05, 4.69) is 0 Å². The van der Waals surface area contributed by atoms with Crippen molar-refractivity contribution >= 4 is 11.4 Å². The smallest absolute Gasteiger partial charge is 0.149 e. The van der Waals surface area contributed by atoms with E-state index in [1.807, 2.05) is 0 Å². The van der Waals surface area contributed by atoms with Crippen LogP contribution in [0.5, 0.6) is 5.75 Å². The second kappa shape index (κ2) is 6.75. The zero-order chi connectivity index (χ0) is 19.0. The summed E-state index contributed by atoms with van der Waals surface area (Å²) in [5.41, 5.74) is 2.09. The maximum Gasteiger partial charge on any atom is 0.149 e. The number of hydrogen-bond donors (Lipinski definition) is 1. The summed E-state index contributed by atoms with van der Waals surface area (Å²) in [4.78, 5) is 1.36. The number of benzene rings is 3. The first kappa shape index (κ1) is 17.9. The molecule has 0 aliphatic heterocycles. The Labute approximate surface area is 150 Å². The summed E-state index contributed by atoms with van der Waals surface area (Å²) in [6.45, 7) is 3.16.